The maximum absolute atomic E-state index is 3.43. The third kappa shape index (κ3) is 2.40. The molecular weight excluding hydrogens is 210 g/mol. The molecule has 10 heavy (non-hydrogen) atoms. The zero-order valence-corrected chi connectivity index (χ0v) is 8.33. The average molecular weight is 221 g/mol. The van der Waals surface area contributed by atoms with Gasteiger partial charge < -0.3 is 5.32 Å². The first-order valence-corrected chi connectivity index (χ1v) is 4.99. The first kappa shape index (κ1) is 8.24. The molecule has 3 heteroatoms. The summed E-state index contributed by atoms with van der Waals surface area (Å²) in [4.78, 5) is 1.44. The topological polar surface area (TPSA) is 16.6 Å². The summed E-state index contributed by atoms with van der Waals surface area (Å²) in [7, 11) is 0. The molecule has 1 aromatic heterocycles. The predicted octanol–water partition coefficient (Wildman–Crippen LogP) is 1.59. The van der Waals surface area contributed by atoms with Gasteiger partial charge >= 0.3 is 0 Å². The molecule has 1 aromatic rings. The maximum Gasteiger partial charge on any atom is 0.111 e. The van der Waals surface area contributed by atoms with Crippen LogP contribution in [0.3, 0.4) is 0 Å². The van der Waals surface area contributed by atoms with Crippen LogP contribution < -0.4 is 5.32 Å². The van der Waals surface area contributed by atoms with Crippen LogP contribution in [0.1, 0.15) is 11.8 Å². The molecule has 0 spiro atoms. The number of hydrogen-bond donors (Lipinski definition) is 1. The van der Waals surface area contributed by atoms with Crippen molar-refractivity contribution >= 4 is 27.3 Å². The van der Waals surface area contributed by atoms with Crippen LogP contribution in [0.4, 0.5) is 0 Å². The molecule has 1 rings (SSSR count). The molecule has 0 amide bonds. The molecule has 0 aliphatic carbocycles. The van der Waals surface area contributed by atoms with Crippen LogP contribution in [0.5, 0.6) is 0 Å². The van der Waals surface area contributed by atoms with Crippen molar-refractivity contribution < 1.29 is 5.32 Å². The summed E-state index contributed by atoms with van der Waals surface area (Å²) < 4.78 is 1.23. The maximum atomic E-state index is 3.43. The Balaban J connectivity index is 2.42. The number of thiophene rings is 1. The Bertz CT molecular complexity index is 197. The van der Waals surface area contributed by atoms with E-state index in [-0.39, 0.29) is 0 Å². The fourth-order valence-corrected chi connectivity index (χ4v) is 2.23. The van der Waals surface area contributed by atoms with Crippen molar-refractivity contribution in [3.05, 3.63) is 20.8 Å². The minimum absolute atomic E-state index is 1.12. The van der Waals surface area contributed by atoms with E-state index in [1.807, 2.05) is 11.3 Å². The Morgan fingerprint density at radius 2 is 2.40 bits per heavy atom. The lowest BCUT2D eigenvalue weighted by Crippen LogP contribution is -2.81. The summed E-state index contributed by atoms with van der Waals surface area (Å²) in [6.45, 7) is 4.45. The van der Waals surface area contributed by atoms with Crippen molar-refractivity contribution in [2.75, 3.05) is 6.54 Å². The largest absolute Gasteiger partial charge is 0.342 e. The lowest BCUT2D eigenvalue weighted by Gasteiger charge is -1.91. The van der Waals surface area contributed by atoms with Crippen LogP contribution in [-0.2, 0) is 6.54 Å². The molecule has 0 bridgehead atoms. The molecule has 0 aliphatic heterocycles. The molecule has 1 heterocycles. The third-order valence-corrected chi connectivity index (χ3v) is 2.91. The van der Waals surface area contributed by atoms with Crippen LogP contribution in [0.25, 0.3) is 0 Å². The van der Waals surface area contributed by atoms with Gasteiger partial charge in [0.25, 0.3) is 0 Å². The molecule has 2 N–H and O–H groups in total. The van der Waals surface area contributed by atoms with Crippen LogP contribution in [0, 0.1) is 0 Å². The zero-order chi connectivity index (χ0) is 7.40. The lowest BCUT2D eigenvalue weighted by atomic mass is 10.4. The number of hydrogen-bond acceptors (Lipinski definition) is 1. The van der Waals surface area contributed by atoms with Gasteiger partial charge in [0.1, 0.15) is 6.54 Å². The van der Waals surface area contributed by atoms with E-state index in [4.69, 9.17) is 0 Å². The lowest BCUT2D eigenvalue weighted by molar-refractivity contribution is -0.667. The van der Waals surface area contributed by atoms with Gasteiger partial charge in [-0.3, -0.25) is 0 Å². The summed E-state index contributed by atoms with van der Waals surface area (Å²) in [5.41, 5.74) is 0. The van der Waals surface area contributed by atoms with Gasteiger partial charge in [-0.1, -0.05) is 0 Å². The van der Waals surface area contributed by atoms with Crippen molar-refractivity contribution in [2.24, 2.45) is 0 Å². The molecule has 0 radical (unpaired) electrons. The highest BCUT2D eigenvalue weighted by molar-refractivity contribution is 9.11. The summed E-state index contributed by atoms with van der Waals surface area (Å²) in [6.07, 6.45) is 0. The minimum atomic E-state index is 1.12. The summed E-state index contributed by atoms with van der Waals surface area (Å²) in [5, 5.41) is 2.29. The van der Waals surface area contributed by atoms with Crippen LogP contribution >= 0.6 is 27.3 Å². The summed E-state index contributed by atoms with van der Waals surface area (Å²) in [5.74, 6) is 0. The van der Waals surface area contributed by atoms with Gasteiger partial charge in [-0.15, -0.1) is 11.3 Å². The van der Waals surface area contributed by atoms with Gasteiger partial charge in [-0.25, -0.2) is 0 Å². The zero-order valence-electron chi connectivity index (χ0n) is 5.93. The van der Waals surface area contributed by atoms with E-state index in [0.29, 0.717) is 0 Å². The second kappa shape index (κ2) is 4.11. The SMILES string of the molecule is CC[NH2+]Cc1ccc(Br)s1. The smallest absolute Gasteiger partial charge is 0.111 e. The number of nitrogens with two attached hydrogens (primary N) is 1. The van der Waals surface area contributed by atoms with E-state index < -0.39 is 0 Å². The van der Waals surface area contributed by atoms with E-state index in [1.165, 1.54) is 8.66 Å². The monoisotopic (exact) mass is 220 g/mol. The van der Waals surface area contributed by atoms with E-state index in [1.54, 1.807) is 0 Å². The van der Waals surface area contributed by atoms with E-state index in [2.05, 4.69) is 40.3 Å². The fraction of sp³-hybridized carbons (Fsp3) is 0.429. The quantitative estimate of drug-likeness (QED) is 0.798. The van der Waals surface area contributed by atoms with E-state index >= 15 is 0 Å². The predicted molar refractivity (Wildman–Crippen MR) is 48.2 cm³/mol. The standard InChI is InChI=1S/C7H10BrNS/c1-2-9-5-6-3-4-7(8)10-6/h3-4,9H,2,5H2,1H3/p+1. The first-order chi connectivity index (χ1) is 4.83. The highest BCUT2D eigenvalue weighted by Gasteiger charge is 1.96. The number of halogens is 1. The van der Waals surface area contributed by atoms with Gasteiger partial charge in [0.15, 0.2) is 0 Å². The van der Waals surface area contributed by atoms with Crippen LogP contribution in [0.15, 0.2) is 15.9 Å². The molecule has 0 unspecified atom stereocenters. The molecule has 0 saturated carbocycles. The Kier molecular flexibility index (Phi) is 3.39. The highest BCUT2D eigenvalue weighted by atomic mass is 79.9. The van der Waals surface area contributed by atoms with Crippen molar-refractivity contribution in [3.8, 4) is 0 Å². The van der Waals surface area contributed by atoms with Gasteiger partial charge in [0.2, 0.25) is 0 Å². The van der Waals surface area contributed by atoms with Crippen LogP contribution in [0.2, 0.25) is 0 Å². The van der Waals surface area contributed by atoms with Crippen molar-refractivity contribution in [1.82, 2.24) is 0 Å². The second-order valence-electron chi connectivity index (χ2n) is 2.11. The molecule has 0 fully saturated rings. The van der Waals surface area contributed by atoms with Gasteiger partial charge in [0, 0.05) is 0 Å². The first-order valence-electron chi connectivity index (χ1n) is 3.39. The molecule has 0 aliphatic rings. The Labute approximate surface area is 73.6 Å². The highest BCUT2D eigenvalue weighted by Crippen LogP contribution is 2.20. The number of quaternary nitrogens is 1. The molecule has 56 valence electrons. The minimum Gasteiger partial charge on any atom is -0.342 e. The van der Waals surface area contributed by atoms with Gasteiger partial charge in [-0.2, -0.15) is 0 Å². The van der Waals surface area contributed by atoms with Crippen molar-refractivity contribution in [3.63, 3.8) is 0 Å². The molecular formula is C7H11BrNS+. The molecule has 0 saturated heterocycles. The van der Waals surface area contributed by atoms with E-state index in [0.717, 1.165) is 13.1 Å². The molecule has 1 nitrogen and oxygen atoms in total. The van der Waals surface area contributed by atoms with Gasteiger partial charge in [0.05, 0.1) is 15.2 Å². The third-order valence-electron chi connectivity index (χ3n) is 1.26. The Morgan fingerprint density at radius 1 is 1.60 bits per heavy atom. The Hall–Kier alpha value is 0.140. The fourth-order valence-electron chi connectivity index (χ4n) is 0.748. The van der Waals surface area contributed by atoms with Crippen molar-refractivity contribution in [2.45, 2.75) is 13.5 Å². The van der Waals surface area contributed by atoms with Crippen molar-refractivity contribution in [1.29, 1.82) is 0 Å². The second-order valence-corrected chi connectivity index (χ2v) is 4.65. The van der Waals surface area contributed by atoms with Gasteiger partial charge in [-0.05, 0) is 35.0 Å². The average Bonchev–Trinajstić information content (AvgIpc) is 2.31. The molecule has 0 atom stereocenters. The molecule has 0 aromatic carbocycles. The van der Waals surface area contributed by atoms with E-state index in [9.17, 15) is 0 Å². The number of rotatable bonds is 3. The summed E-state index contributed by atoms with van der Waals surface area (Å²) in [6, 6.07) is 4.27. The summed E-state index contributed by atoms with van der Waals surface area (Å²) >= 11 is 5.24. The Morgan fingerprint density at radius 3 is 2.90 bits per heavy atom. The normalized spacial score (nSPS) is 10.2. The van der Waals surface area contributed by atoms with Crippen LogP contribution in [-0.4, -0.2) is 6.54 Å².